The van der Waals surface area contributed by atoms with Gasteiger partial charge in [0.25, 0.3) is 0 Å². The summed E-state index contributed by atoms with van der Waals surface area (Å²) in [6.45, 7) is 6.78. The van der Waals surface area contributed by atoms with Crippen LogP contribution in [-0.4, -0.2) is 25.9 Å². The van der Waals surface area contributed by atoms with Crippen LogP contribution in [0.2, 0.25) is 0 Å². The molecule has 0 aromatic heterocycles. The molecule has 0 fully saturated rings. The molecule has 0 unspecified atom stereocenters. The molecule has 1 N–H and O–H groups in total. The molecule has 0 aliphatic carbocycles. The lowest BCUT2D eigenvalue weighted by atomic mass is 10.0. The first-order valence-electron chi connectivity index (χ1n) is 6.11. The Hall–Kier alpha value is -1.06. The van der Waals surface area contributed by atoms with Crippen molar-refractivity contribution in [1.82, 2.24) is 5.32 Å². The summed E-state index contributed by atoms with van der Waals surface area (Å²) >= 11 is 0. The van der Waals surface area contributed by atoms with E-state index < -0.39 is 0 Å². The lowest BCUT2D eigenvalue weighted by Crippen LogP contribution is -2.24. The standard InChI is InChI=1S/C14H21NO2/c1-14(2)9-12-8-11(4-5-13(12)17-14)10-15-6-7-16-3/h4-5,8,15H,6-7,9-10H2,1-3H3. The summed E-state index contributed by atoms with van der Waals surface area (Å²) in [5, 5.41) is 3.35. The number of methoxy groups -OCH3 is 1. The first-order valence-corrected chi connectivity index (χ1v) is 6.11. The Labute approximate surface area is 103 Å². The molecule has 1 aliphatic rings. The summed E-state index contributed by atoms with van der Waals surface area (Å²) in [7, 11) is 1.72. The molecule has 0 saturated heterocycles. The first-order chi connectivity index (χ1) is 8.11. The molecule has 1 heterocycles. The number of rotatable bonds is 5. The maximum atomic E-state index is 5.85. The van der Waals surface area contributed by atoms with Gasteiger partial charge in [-0.15, -0.1) is 0 Å². The summed E-state index contributed by atoms with van der Waals surface area (Å²) < 4.78 is 10.9. The average molecular weight is 235 g/mol. The molecule has 0 atom stereocenters. The van der Waals surface area contributed by atoms with E-state index in [4.69, 9.17) is 9.47 Å². The van der Waals surface area contributed by atoms with E-state index >= 15 is 0 Å². The molecular formula is C14H21NO2. The van der Waals surface area contributed by atoms with Crippen molar-refractivity contribution in [2.45, 2.75) is 32.4 Å². The second kappa shape index (κ2) is 5.07. The van der Waals surface area contributed by atoms with Crippen molar-refractivity contribution in [3.8, 4) is 5.75 Å². The van der Waals surface area contributed by atoms with E-state index in [1.54, 1.807) is 7.11 Å². The predicted molar refractivity (Wildman–Crippen MR) is 68.4 cm³/mol. The van der Waals surface area contributed by atoms with Gasteiger partial charge in [0.2, 0.25) is 0 Å². The minimum Gasteiger partial charge on any atom is -0.487 e. The number of hydrogen-bond acceptors (Lipinski definition) is 3. The van der Waals surface area contributed by atoms with Gasteiger partial charge in [0.05, 0.1) is 6.61 Å². The smallest absolute Gasteiger partial charge is 0.123 e. The third kappa shape index (κ3) is 3.20. The second-order valence-corrected chi connectivity index (χ2v) is 5.15. The number of benzene rings is 1. The highest BCUT2D eigenvalue weighted by molar-refractivity contribution is 5.41. The lowest BCUT2D eigenvalue weighted by molar-refractivity contribution is 0.138. The van der Waals surface area contributed by atoms with Crippen molar-refractivity contribution in [3.05, 3.63) is 29.3 Å². The van der Waals surface area contributed by atoms with Gasteiger partial charge in [0.15, 0.2) is 0 Å². The van der Waals surface area contributed by atoms with Crippen LogP contribution < -0.4 is 10.1 Å². The van der Waals surface area contributed by atoms with Crippen molar-refractivity contribution >= 4 is 0 Å². The summed E-state index contributed by atoms with van der Waals surface area (Å²) in [4.78, 5) is 0. The molecule has 1 aliphatic heterocycles. The van der Waals surface area contributed by atoms with Crippen molar-refractivity contribution in [3.63, 3.8) is 0 Å². The van der Waals surface area contributed by atoms with E-state index in [1.807, 2.05) is 0 Å². The number of nitrogens with one attached hydrogen (secondary N) is 1. The predicted octanol–water partition coefficient (Wildman–Crippen LogP) is 2.14. The highest BCUT2D eigenvalue weighted by Gasteiger charge is 2.29. The van der Waals surface area contributed by atoms with Gasteiger partial charge in [0, 0.05) is 26.6 Å². The monoisotopic (exact) mass is 235 g/mol. The summed E-state index contributed by atoms with van der Waals surface area (Å²) in [6.07, 6.45) is 0.994. The van der Waals surface area contributed by atoms with Gasteiger partial charge in [-0.3, -0.25) is 0 Å². The molecule has 0 saturated carbocycles. The molecule has 1 aromatic rings. The zero-order chi connectivity index (χ0) is 12.3. The van der Waals surface area contributed by atoms with Gasteiger partial charge in [-0.1, -0.05) is 12.1 Å². The van der Waals surface area contributed by atoms with Crippen LogP contribution in [0, 0.1) is 0 Å². The summed E-state index contributed by atoms with van der Waals surface area (Å²) in [5.74, 6) is 1.04. The molecule has 0 amide bonds. The van der Waals surface area contributed by atoms with Crippen molar-refractivity contribution in [2.75, 3.05) is 20.3 Å². The Morgan fingerprint density at radius 1 is 1.41 bits per heavy atom. The molecular weight excluding hydrogens is 214 g/mol. The fraction of sp³-hybridized carbons (Fsp3) is 0.571. The zero-order valence-electron chi connectivity index (χ0n) is 10.9. The quantitative estimate of drug-likeness (QED) is 0.793. The molecule has 3 heteroatoms. The minimum atomic E-state index is -0.0512. The molecule has 17 heavy (non-hydrogen) atoms. The second-order valence-electron chi connectivity index (χ2n) is 5.15. The van der Waals surface area contributed by atoms with Crippen LogP contribution in [0.1, 0.15) is 25.0 Å². The van der Waals surface area contributed by atoms with Crippen LogP contribution in [-0.2, 0) is 17.7 Å². The van der Waals surface area contributed by atoms with Gasteiger partial charge < -0.3 is 14.8 Å². The van der Waals surface area contributed by atoms with Gasteiger partial charge in [-0.05, 0) is 31.0 Å². The molecule has 0 bridgehead atoms. The van der Waals surface area contributed by atoms with E-state index in [0.717, 1.165) is 31.9 Å². The zero-order valence-corrected chi connectivity index (χ0v) is 10.9. The van der Waals surface area contributed by atoms with Crippen molar-refractivity contribution < 1.29 is 9.47 Å². The number of ether oxygens (including phenoxy) is 2. The van der Waals surface area contributed by atoms with E-state index in [2.05, 4.69) is 37.4 Å². The van der Waals surface area contributed by atoms with E-state index in [-0.39, 0.29) is 5.60 Å². The Balaban J connectivity index is 1.94. The molecule has 1 aromatic carbocycles. The van der Waals surface area contributed by atoms with Crippen LogP contribution in [0.25, 0.3) is 0 Å². The van der Waals surface area contributed by atoms with Crippen LogP contribution in [0.3, 0.4) is 0 Å². The van der Waals surface area contributed by atoms with Gasteiger partial charge >= 0.3 is 0 Å². The van der Waals surface area contributed by atoms with Crippen molar-refractivity contribution in [2.24, 2.45) is 0 Å². The highest BCUT2D eigenvalue weighted by atomic mass is 16.5. The molecule has 0 spiro atoms. The van der Waals surface area contributed by atoms with Gasteiger partial charge in [-0.2, -0.15) is 0 Å². The Morgan fingerprint density at radius 2 is 2.24 bits per heavy atom. The maximum absolute atomic E-state index is 5.85. The molecule has 2 rings (SSSR count). The van der Waals surface area contributed by atoms with Crippen LogP contribution in [0.4, 0.5) is 0 Å². The fourth-order valence-electron chi connectivity index (χ4n) is 2.18. The third-order valence-corrected chi connectivity index (χ3v) is 2.94. The first kappa shape index (κ1) is 12.4. The van der Waals surface area contributed by atoms with Crippen molar-refractivity contribution in [1.29, 1.82) is 0 Å². The Kier molecular flexibility index (Phi) is 3.69. The summed E-state index contributed by atoms with van der Waals surface area (Å²) in [5.41, 5.74) is 2.58. The SMILES string of the molecule is COCCNCc1ccc2c(c1)CC(C)(C)O2. The Morgan fingerprint density at radius 3 is 3.00 bits per heavy atom. The van der Waals surface area contributed by atoms with Crippen LogP contribution in [0.5, 0.6) is 5.75 Å². The van der Waals surface area contributed by atoms with E-state index in [0.29, 0.717) is 0 Å². The highest BCUT2D eigenvalue weighted by Crippen LogP contribution is 2.35. The largest absolute Gasteiger partial charge is 0.487 e. The van der Waals surface area contributed by atoms with E-state index in [1.165, 1.54) is 11.1 Å². The molecule has 0 radical (unpaired) electrons. The summed E-state index contributed by atoms with van der Waals surface area (Å²) in [6, 6.07) is 6.45. The third-order valence-electron chi connectivity index (χ3n) is 2.94. The number of fused-ring (bicyclic) bond motifs is 1. The lowest BCUT2D eigenvalue weighted by Gasteiger charge is -2.16. The van der Waals surface area contributed by atoms with E-state index in [9.17, 15) is 0 Å². The fourth-order valence-corrected chi connectivity index (χ4v) is 2.18. The van der Waals surface area contributed by atoms with Crippen LogP contribution >= 0.6 is 0 Å². The average Bonchev–Trinajstić information content (AvgIpc) is 2.57. The molecule has 94 valence electrons. The number of hydrogen-bond donors (Lipinski definition) is 1. The topological polar surface area (TPSA) is 30.5 Å². The normalized spacial score (nSPS) is 16.6. The van der Waals surface area contributed by atoms with Crippen LogP contribution in [0.15, 0.2) is 18.2 Å². The van der Waals surface area contributed by atoms with Gasteiger partial charge in [0.1, 0.15) is 11.4 Å². The molecule has 3 nitrogen and oxygen atoms in total. The Bertz CT molecular complexity index is 388. The minimum absolute atomic E-state index is 0.0512. The van der Waals surface area contributed by atoms with Gasteiger partial charge in [-0.25, -0.2) is 0 Å². The maximum Gasteiger partial charge on any atom is 0.123 e.